The predicted octanol–water partition coefficient (Wildman–Crippen LogP) is 4.31. The number of hydrogen-bond donors (Lipinski definition) is 1. The van der Waals surface area contributed by atoms with Crippen LogP contribution in [0.25, 0.3) is 0 Å². The highest BCUT2D eigenvalue weighted by molar-refractivity contribution is 5.66. The van der Waals surface area contributed by atoms with Crippen LogP contribution in [0.2, 0.25) is 0 Å². The Hall–Kier alpha value is -2.23. The van der Waals surface area contributed by atoms with Crippen LogP contribution in [-0.4, -0.2) is 16.1 Å². The number of aromatic nitrogens is 2. The first-order chi connectivity index (χ1) is 12.1. The van der Waals surface area contributed by atoms with E-state index in [0.29, 0.717) is 11.8 Å². The summed E-state index contributed by atoms with van der Waals surface area (Å²) in [6.07, 6.45) is 12.1. The minimum Gasteiger partial charge on any atom is -0.481 e. The highest BCUT2D eigenvalue weighted by atomic mass is 16.4. The summed E-state index contributed by atoms with van der Waals surface area (Å²) in [6, 6.07) is 8.64. The Kier molecular flexibility index (Phi) is 7.58. The number of carboxylic acids is 1. The lowest BCUT2D eigenvalue weighted by atomic mass is 9.85. The van der Waals surface area contributed by atoms with Crippen molar-refractivity contribution in [3.05, 3.63) is 60.2 Å². The van der Waals surface area contributed by atoms with Gasteiger partial charge in [-0.2, -0.15) is 0 Å². The van der Waals surface area contributed by atoms with E-state index in [2.05, 4.69) is 60.1 Å². The maximum absolute atomic E-state index is 10.5. The van der Waals surface area contributed by atoms with Crippen LogP contribution in [0.5, 0.6) is 0 Å². The fourth-order valence-electron chi connectivity index (χ4n) is 3.25. The summed E-state index contributed by atoms with van der Waals surface area (Å²) >= 11 is 0. The third-order valence-electron chi connectivity index (χ3n) is 4.85. The molecule has 25 heavy (non-hydrogen) atoms. The molecule has 0 aromatic carbocycles. The molecule has 0 saturated carbocycles. The molecule has 2 atom stereocenters. The van der Waals surface area contributed by atoms with Crippen molar-refractivity contribution in [1.82, 2.24) is 4.98 Å². The first-order valence-corrected chi connectivity index (χ1v) is 9.20. The predicted molar refractivity (Wildman–Crippen MR) is 98.4 cm³/mol. The lowest BCUT2D eigenvalue weighted by molar-refractivity contribution is -0.697. The molecular weight excluding hydrogens is 312 g/mol. The van der Waals surface area contributed by atoms with E-state index in [0.717, 1.165) is 32.2 Å². The summed E-state index contributed by atoms with van der Waals surface area (Å²) in [5.41, 5.74) is 2.73. The van der Waals surface area contributed by atoms with Crippen LogP contribution >= 0.6 is 0 Å². The molecule has 0 radical (unpaired) electrons. The van der Waals surface area contributed by atoms with Gasteiger partial charge in [-0.3, -0.25) is 9.78 Å². The molecule has 0 spiro atoms. The number of unbranched alkanes of at least 4 members (excludes halogenated alkanes) is 1. The van der Waals surface area contributed by atoms with Crippen LogP contribution in [0.3, 0.4) is 0 Å². The number of nitrogens with zero attached hydrogens (tertiary/aromatic N) is 2. The van der Waals surface area contributed by atoms with Gasteiger partial charge in [0.15, 0.2) is 12.4 Å². The van der Waals surface area contributed by atoms with Gasteiger partial charge < -0.3 is 5.11 Å². The van der Waals surface area contributed by atoms with E-state index in [9.17, 15) is 4.79 Å². The lowest BCUT2D eigenvalue weighted by Crippen LogP contribution is -2.32. The molecule has 134 valence electrons. The maximum Gasteiger partial charge on any atom is 0.303 e. The minimum absolute atomic E-state index is 0.253. The molecule has 0 bridgehead atoms. The second-order valence-electron chi connectivity index (χ2n) is 6.74. The highest BCUT2D eigenvalue weighted by Gasteiger charge is 2.16. The van der Waals surface area contributed by atoms with E-state index in [-0.39, 0.29) is 6.42 Å². The maximum atomic E-state index is 10.5. The fourth-order valence-corrected chi connectivity index (χ4v) is 3.25. The van der Waals surface area contributed by atoms with Crippen LogP contribution < -0.4 is 4.57 Å². The zero-order valence-corrected chi connectivity index (χ0v) is 15.3. The number of carboxylic acid groups (broad SMARTS) is 1. The van der Waals surface area contributed by atoms with Crippen LogP contribution in [0.1, 0.15) is 68.9 Å². The number of carbonyl (C=O) groups is 1. The van der Waals surface area contributed by atoms with E-state index in [1.807, 2.05) is 12.4 Å². The van der Waals surface area contributed by atoms with E-state index < -0.39 is 5.97 Å². The number of hydrogen-bond acceptors (Lipinski definition) is 2. The Balaban J connectivity index is 1.89. The molecule has 1 N–H and O–H groups in total. The summed E-state index contributed by atoms with van der Waals surface area (Å²) in [5.74, 6) is 0.343. The summed E-state index contributed by atoms with van der Waals surface area (Å²) in [7, 11) is 0. The molecule has 0 fully saturated rings. The third kappa shape index (κ3) is 6.29. The fraction of sp³-hybridized carbons (Fsp3) is 0.476. The molecule has 2 heterocycles. The molecule has 0 saturated heterocycles. The normalized spacial score (nSPS) is 13.4. The van der Waals surface area contributed by atoms with Gasteiger partial charge in [0, 0.05) is 37.4 Å². The van der Waals surface area contributed by atoms with Crippen molar-refractivity contribution in [2.45, 2.75) is 64.3 Å². The van der Waals surface area contributed by atoms with Gasteiger partial charge >= 0.3 is 5.97 Å². The van der Waals surface area contributed by atoms with Crippen molar-refractivity contribution in [3.8, 4) is 0 Å². The number of rotatable bonds is 10. The molecule has 4 heteroatoms. The molecule has 2 aromatic heterocycles. The van der Waals surface area contributed by atoms with Gasteiger partial charge in [-0.05, 0) is 54.4 Å². The largest absolute Gasteiger partial charge is 0.481 e. The SMILES string of the molecule is CCC(CC(C)c1cc[n+](CCCCC(=O)O)cc1)c1ccncc1. The Morgan fingerprint density at radius 1 is 1.12 bits per heavy atom. The summed E-state index contributed by atoms with van der Waals surface area (Å²) in [5, 5.41) is 8.67. The summed E-state index contributed by atoms with van der Waals surface area (Å²) < 4.78 is 2.14. The van der Waals surface area contributed by atoms with Gasteiger partial charge in [0.25, 0.3) is 0 Å². The van der Waals surface area contributed by atoms with Crippen molar-refractivity contribution in [2.75, 3.05) is 0 Å². The zero-order valence-electron chi connectivity index (χ0n) is 15.3. The second-order valence-corrected chi connectivity index (χ2v) is 6.74. The molecule has 0 aliphatic rings. The van der Waals surface area contributed by atoms with Gasteiger partial charge in [0.1, 0.15) is 6.54 Å². The van der Waals surface area contributed by atoms with Gasteiger partial charge in [-0.1, -0.05) is 13.8 Å². The number of pyridine rings is 2. The second kappa shape index (κ2) is 9.92. The molecular formula is C21H29N2O2+. The van der Waals surface area contributed by atoms with Crippen molar-refractivity contribution in [2.24, 2.45) is 0 Å². The molecule has 2 aromatic rings. The van der Waals surface area contributed by atoms with Gasteiger partial charge in [0.05, 0.1) is 0 Å². The van der Waals surface area contributed by atoms with Crippen molar-refractivity contribution < 1.29 is 14.5 Å². The topological polar surface area (TPSA) is 54.1 Å². The van der Waals surface area contributed by atoms with E-state index in [1.54, 1.807) is 0 Å². The van der Waals surface area contributed by atoms with Crippen LogP contribution in [0.4, 0.5) is 0 Å². The molecule has 0 aliphatic heterocycles. The first-order valence-electron chi connectivity index (χ1n) is 9.20. The smallest absolute Gasteiger partial charge is 0.303 e. The van der Waals surface area contributed by atoms with E-state index >= 15 is 0 Å². The number of aliphatic carboxylic acids is 1. The zero-order chi connectivity index (χ0) is 18.1. The Labute approximate surface area is 150 Å². The average Bonchev–Trinajstić information content (AvgIpc) is 2.64. The first kappa shape index (κ1) is 19.1. The van der Waals surface area contributed by atoms with Crippen LogP contribution in [0.15, 0.2) is 49.1 Å². The molecule has 2 unspecified atom stereocenters. The Bertz CT molecular complexity index is 641. The van der Waals surface area contributed by atoms with E-state index in [4.69, 9.17) is 5.11 Å². The van der Waals surface area contributed by atoms with Crippen molar-refractivity contribution >= 4 is 5.97 Å². The minimum atomic E-state index is -0.714. The van der Waals surface area contributed by atoms with Crippen molar-refractivity contribution in [3.63, 3.8) is 0 Å². The molecule has 2 rings (SSSR count). The lowest BCUT2D eigenvalue weighted by Gasteiger charge is -2.20. The number of aryl methyl sites for hydroxylation is 1. The molecule has 4 nitrogen and oxygen atoms in total. The third-order valence-corrected chi connectivity index (χ3v) is 4.85. The molecule has 0 aliphatic carbocycles. The van der Waals surface area contributed by atoms with Crippen LogP contribution in [0, 0.1) is 0 Å². The van der Waals surface area contributed by atoms with Gasteiger partial charge in [-0.25, -0.2) is 4.57 Å². The van der Waals surface area contributed by atoms with Crippen LogP contribution in [-0.2, 0) is 11.3 Å². The van der Waals surface area contributed by atoms with Crippen molar-refractivity contribution in [1.29, 1.82) is 0 Å². The quantitative estimate of drug-likeness (QED) is 0.517. The monoisotopic (exact) mass is 341 g/mol. The summed E-state index contributed by atoms with van der Waals surface area (Å²) in [4.78, 5) is 14.6. The highest BCUT2D eigenvalue weighted by Crippen LogP contribution is 2.31. The van der Waals surface area contributed by atoms with Gasteiger partial charge in [0.2, 0.25) is 0 Å². The van der Waals surface area contributed by atoms with Gasteiger partial charge in [-0.15, -0.1) is 0 Å². The Morgan fingerprint density at radius 2 is 1.80 bits per heavy atom. The van der Waals surface area contributed by atoms with E-state index in [1.165, 1.54) is 11.1 Å². The Morgan fingerprint density at radius 3 is 2.40 bits per heavy atom. The molecule has 0 amide bonds. The average molecular weight is 341 g/mol. The standard InChI is InChI=1S/C21H28N2O2/c1-3-18(20-7-11-22-12-8-20)16-17(2)19-9-14-23(15-10-19)13-5-4-6-21(24)25/h7-12,14-15,17-18H,3-6,13,16H2,1-2H3/p+1. The summed E-state index contributed by atoms with van der Waals surface area (Å²) in [6.45, 7) is 5.40.